The maximum atomic E-state index is 13.2. The number of H-pyrrole nitrogens is 2. The summed E-state index contributed by atoms with van der Waals surface area (Å²) in [5, 5.41) is 8.89. The highest BCUT2D eigenvalue weighted by Crippen LogP contribution is 2.36. The van der Waals surface area contributed by atoms with Crippen LogP contribution in [0.5, 0.6) is 0 Å². The predicted molar refractivity (Wildman–Crippen MR) is 117 cm³/mol. The molecule has 37 heavy (non-hydrogen) atoms. The summed E-state index contributed by atoms with van der Waals surface area (Å²) in [5.74, 6) is -0.0963. The molecule has 0 radical (unpaired) electrons. The monoisotopic (exact) mass is 529 g/mol. The third kappa shape index (κ3) is 6.57. The second-order valence-electron chi connectivity index (χ2n) is 8.49. The standard InChI is InChI=1S/C23H21F6N5O3/c24-22(25,26)15-6-13(7-16(8-15)23(27,28)29)11-37-12-17-20(14-4-2-1-3-5-14)34(10-19(35)30-17)9-18-31-21(36)33-32-18/h1-8,17,20H,9-12H2,(H,30,35)(H2,31,32,33,36)/t17-,20+/m0/s1. The average molecular weight is 529 g/mol. The van der Waals surface area contributed by atoms with E-state index in [0.717, 1.165) is 5.56 Å². The molecule has 2 aromatic carbocycles. The Kier molecular flexibility index (Phi) is 7.41. The summed E-state index contributed by atoms with van der Waals surface area (Å²) in [7, 11) is 0. The third-order valence-corrected chi connectivity index (χ3v) is 5.73. The average Bonchev–Trinajstić information content (AvgIpc) is 3.22. The van der Waals surface area contributed by atoms with Gasteiger partial charge in [0.15, 0.2) is 0 Å². The van der Waals surface area contributed by atoms with Gasteiger partial charge < -0.3 is 10.1 Å². The number of carbonyl (C=O) groups excluding carboxylic acids is 1. The number of aromatic nitrogens is 3. The number of rotatable bonds is 7. The van der Waals surface area contributed by atoms with Crippen molar-refractivity contribution >= 4 is 5.91 Å². The number of hydrogen-bond donors (Lipinski definition) is 3. The van der Waals surface area contributed by atoms with Crippen molar-refractivity contribution < 1.29 is 35.9 Å². The minimum Gasteiger partial charge on any atom is -0.375 e. The van der Waals surface area contributed by atoms with E-state index in [-0.39, 0.29) is 43.1 Å². The molecule has 0 unspecified atom stereocenters. The third-order valence-electron chi connectivity index (χ3n) is 5.73. The number of halogens is 6. The van der Waals surface area contributed by atoms with Crippen molar-refractivity contribution in [3.63, 3.8) is 0 Å². The molecule has 1 amide bonds. The smallest absolute Gasteiger partial charge is 0.375 e. The molecule has 1 fully saturated rings. The molecular weight excluding hydrogens is 508 g/mol. The van der Waals surface area contributed by atoms with Gasteiger partial charge in [0.2, 0.25) is 5.91 Å². The Morgan fingerprint density at radius 2 is 1.62 bits per heavy atom. The van der Waals surface area contributed by atoms with Crippen molar-refractivity contribution in [1.29, 1.82) is 0 Å². The van der Waals surface area contributed by atoms with Crippen LogP contribution in [0.1, 0.15) is 34.1 Å². The summed E-state index contributed by atoms with van der Waals surface area (Å²) in [5.41, 5.74) is -2.94. The normalized spacial score (nSPS) is 19.1. The second kappa shape index (κ2) is 10.4. The van der Waals surface area contributed by atoms with Gasteiger partial charge in [0, 0.05) is 0 Å². The zero-order valence-electron chi connectivity index (χ0n) is 19.0. The van der Waals surface area contributed by atoms with E-state index in [9.17, 15) is 35.9 Å². The molecule has 2 heterocycles. The van der Waals surface area contributed by atoms with Crippen LogP contribution in [0.15, 0.2) is 53.3 Å². The van der Waals surface area contributed by atoms with Crippen molar-refractivity contribution in [2.45, 2.75) is 37.6 Å². The Bertz CT molecular complexity index is 1260. The molecule has 1 aliphatic heterocycles. The molecule has 0 aliphatic carbocycles. The number of hydrogen-bond acceptors (Lipinski definition) is 5. The lowest BCUT2D eigenvalue weighted by atomic mass is 9.95. The Morgan fingerprint density at radius 3 is 2.19 bits per heavy atom. The Hall–Kier alpha value is -3.65. The predicted octanol–water partition coefficient (Wildman–Crippen LogP) is 3.39. The van der Waals surface area contributed by atoms with Crippen molar-refractivity contribution in [3.05, 3.63) is 87.1 Å². The van der Waals surface area contributed by atoms with Crippen molar-refractivity contribution in [3.8, 4) is 0 Å². The maximum absolute atomic E-state index is 13.2. The molecule has 0 saturated carbocycles. The van der Waals surface area contributed by atoms with Gasteiger partial charge in [-0.2, -0.15) is 31.4 Å². The molecule has 4 rings (SSSR count). The van der Waals surface area contributed by atoms with Gasteiger partial charge in [-0.25, -0.2) is 9.89 Å². The largest absolute Gasteiger partial charge is 0.416 e. The van der Waals surface area contributed by atoms with Gasteiger partial charge in [0.1, 0.15) is 5.82 Å². The number of alkyl halides is 6. The first-order chi connectivity index (χ1) is 17.4. The lowest BCUT2D eigenvalue weighted by molar-refractivity contribution is -0.143. The van der Waals surface area contributed by atoms with Gasteiger partial charge in [-0.15, -0.1) is 0 Å². The van der Waals surface area contributed by atoms with Gasteiger partial charge in [-0.05, 0) is 29.3 Å². The van der Waals surface area contributed by atoms with Crippen LogP contribution in [0.4, 0.5) is 26.3 Å². The van der Waals surface area contributed by atoms with Crippen molar-refractivity contribution in [1.82, 2.24) is 25.4 Å². The maximum Gasteiger partial charge on any atom is 0.416 e. The van der Waals surface area contributed by atoms with E-state index < -0.39 is 47.9 Å². The van der Waals surface area contributed by atoms with E-state index in [1.165, 1.54) is 0 Å². The highest BCUT2D eigenvalue weighted by atomic mass is 19.4. The number of nitrogens with zero attached hydrogens (tertiary/aromatic N) is 2. The molecule has 3 aromatic rings. The molecule has 1 aromatic heterocycles. The van der Waals surface area contributed by atoms with E-state index in [2.05, 4.69) is 20.5 Å². The fourth-order valence-corrected chi connectivity index (χ4v) is 4.23. The molecule has 14 heteroatoms. The summed E-state index contributed by atoms with van der Waals surface area (Å²) < 4.78 is 84.5. The molecule has 1 aliphatic rings. The zero-order valence-corrected chi connectivity index (χ0v) is 19.0. The van der Waals surface area contributed by atoms with Gasteiger partial charge >= 0.3 is 18.0 Å². The van der Waals surface area contributed by atoms with Crippen LogP contribution in [-0.2, 0) is 35.0 Å². The first kappa shape index (κ1) is 26.4. The number of nitrogens with one attached hydrogen (secondary N) is 3. The number of amides is 1. The van der Waals surface area contributed by atoms with Crippen LogP contribution in [0.25, 0.3) is 0 Å². The minimum absolute atomic E-state index is 0.0481. The van der Waals surface area contributed by atoms with Crippen LogP contribution in [-0.4, -0.2) is 45.2 Å². The van der Waals surface area contributed by atoms with Gasteiger partial charge in [0.05, 0.1) is 49.5 Å². The van der Waals surface area contributed by atoms with Crippen molar-refractivity contribution in [2.75, 3.05) is 13.2 Å². The molecule has 1 saturated heterocycles. The fourth-order valence-electron chi connectivity index (χ4n) is 4.23. The first-order valence-corrected chi connectivity index (χ1v) is 11.0. The Morgan fingerprint density at radius 1 is 0.973 bits per heavy atom. The van der Waals surface area contributed by atoms with Gasteiger partial charge in [-0.3, -0.25) is 14.7 Å². The van der Waals surface area contributed by atoms with E-state index in [0.29, 0.717) is 12.1 Å². The summed E-state index contributed by atoms with van der Waals surface area (Å²) >= 11 is 0. The fraction of sp³-hybridized carbons (Fsp3) is 0.348. The molecule has 2 atom stereocenters. The van der Waals surface area contributed by atoms with Crippen LogP contribution in [0.3, 0.4) is 0 Å². The van der Waals surface area contributed by atoms with Gasteiger partial charge in [0.25, 0.3) is 0 Å². The summed E-state index contributed by atoms with van der Waals surface area (Å²) in [6.07, 6.45) is -9.95. The molecule has 0 spiro atoms. The Balaban J connectivity index is 1.55. The zero-order chi connectivity index (χ0) is 26.8. The van der Waals surface area contributed by atoms with Crippen molar-refractivity contribution in [2.24, 2.45) is 0 Å². The van der Waals surface area contributed by atoms with E-state index >= 15 is 0 Å². The van der Waals surface area contributed by atoms with E-state index in [1.54, 1.807) is 35.2 Å². The van der Waals surface area contributed by atoms with Crippen LogP contribution in [0, 0.1) is 0 Å². The molecule has 3 N–H and O–H groups in total. The Labute approximate surface area is 205 Å². The summed E-state index contributed by atoms with van der Waals surface area (Å²) in [6, 6.07) is 9.00. The number of piperazine rings is 1. The van der Waals surface area contributed by atoms with Crippen LogP contribution in [0.2, 0.25) is 0 Å². The topological polar surface area (TPSA) is 103 Å². The molecule has 0 bridgehead atoms. The molecular formula is C23H21F6N5O3. The second-order valence-corrected chi connectivity index (χ2v) is 8.49. The summed E-state index contributed by atoms with van der Waals surface area (Å²) in [6.45, 7) is -0.720. The SMILES string of the molecule is O=C1CN(Cc2n[nH]c(=O)[nH]2)[C@H](c2ccccc2)[C@H](COCc2cc(C(F)(F)F)cc(C(F)(F)F)c2)N1. The van der Waals surface area contributed by atoms with Gasteiger partial charge in [-0.1, -0.05) is 30.3 Å². The van der Waals surface area contributed by atoms with E-state index in [4.69, 9.17) is 4.74 Å². The lowest BCUT2D eigenvalue weighted by Gasteiger charge is -2.41. The number of ether oxygens (including phenoxy) is 1. The quantitative estimate of drug-likeness (QED) is 0.408. The number of benzene rings is 2. The lowest BCUT2D eigenvalue weighted by Crippen LogP contribution is -2.57. The summed E-state index contributed by atoms with van der Waals surface area (Å²) in [4.78, 5) is 28.1. The number of carbonyl (C=O) groups is 1. The highest BCUT2D eigenvalue weighted by Gasteiger charge is 2.38. The van der Waals surface area contributed by atoms with E-state index in [1.807, 2.05) is 0 Å². The minimum atomic E-state index is -4.97. The number of aromatic amines is 2. The molecule has 198 valence electrons. The highest BCUT2D eigenvalue weighted by molar-refractivity contribution is 5.79. The van der Waals surface area contributed by atoms with Crippen LogP contribution < -0.4 is 11.0 Å². The first-order valence-electron chi connectivity index (χ1n) is 11.0. The molecule has 8 nitrogen and oxygen atoms in total. The van der Waals surface area contributed by atoms with Crippen LogP contribution >= 0.6 is 0 Å².